The second-order valence-corrected chi connectivity index (χ2v) is 18.8. The summed E-state index contributed by atoms with van der Waals surface area (Å²) in [7, 11) is 3.95. The zero-order chi connectivity index (χ0) is 43.6. The standard InChI is InChI=1S/C45H62FN7O7/c1-42(2,3)59-38(54)13-11-10-12-24-58-29-45(57)19-21-51(22-20-45)34-16-17-36(49-33(34)28-50(8)9)48-32-15-14-30(35-26-47-37-25-44(7,46)18-23-52(35)37)31-27-53(40(55)39(31)32)41(56)60-43(4,5)6/h14-18,23,26,57H,10-13,19-22,24-25,27-29H2,1-9H3,(H,48,49). The fourth-order valence-corrected chi connectivity index (χ4v) is 7.74. The first-order valence-electron chi connectivity index (χ1n) is 20.9. The number of esters is 1. The van der Waals surface area contributed by atoms with Gasteiger partial charge in [0.2, 0.25) is 0 Å². The smallest absolute Gasteiger partial charge is 0.417 e. The summed E-state index contributed by atoms with van der Waals surface area (Å²) in [6.45, 7) is 14.9. The number of ether oxygens (including phenoxy) is 3. The first-order chi connectivity index (χ1) is 28.1. The van der Waals surface area contributed by atoms with E-state index < -0.39 is 34.5 Å². The summed E-state index contributed by atoms with van der Waals surface area (Å²) in [5, 5.41) is 14.8. The summed E-state index contributed by atoms with van der Waals surface area (Å²) in [4.78, 5) is 54.4. The molecular formula is C45H62FN7O7. The monoisotopic (exact) mass is 831 g/mol. The van der Waals surface area contributed by atoms with E-state index >= 15 is 0 Å². The average molecular weight is 832 g/mol. The maximum absolute atomic E-state index is 14.9. The van der Waals surface area contributed by atoms with Crippen molar-refractivity contribution in [1.82, 2.24) is 24.3 Å². The van der Waals surface area contributed by atoms with Crippen LogP contribution in [0.3, 0.4) is 0 Å². The SMILES string of the molecule is CN(C)Cc1nc(Nc2ccc(-c3cnc4n3C=CC(C)(F)C4)c3c2C(=O)N(C(=O)OC(C)(C)C)C3)ccc1N1CCC(O)(COCCCCCC(=O)OC(C)(C)C)CC1. The summed E-state index contributed by atoms with van der Waals surface area (Å²) < 4.78 is 33.6. The van der Waals surface area contributed by atoms with Crippen molar-refractivity contribution in [3.05, 3.63) is 59.2 Å². The number of imidazole rings is 1. The van der Waals surface area contributed by atoms with E-state index in [1.807, 2.05) is 62.5 Å². The lowest BCUT2D eigenvalue weighted by Gasteiger charge is -2.39. The number of imide groups is 1. The van der Waals surface area contributed by atoms with Gasteiger partial charge in [-0.3, -0.25) is 9.59 Å². The van der Waals surface area contributed by atoms with Gasteiger partial charge in [0.1, 0.15) is 28.5 Å². The van der Waals surface area contributed by atoms with Crippen molar-refractivity contribution in [2.24, 2.45) is 0 Å². The van der Waals surface area contributed by atoms with E-state index in [9.17, 15) is 23.9 Å². The fraction of sp³-hybridized carbons (Fsp3) is 0.578. The number of allylic oxidation sites excluding steroid dienone is 1. The molecule has 0 aliphatic carbocycles. The second-order valence-electron chi connectivity index (χ2n) is 18.8. The van der Waals surface area contributed by atoms with E-state index in [0.29, 0.717) is 85.2 Å². The molecule has 5 heterocycles. The van der Waals surface area contributed by atoms with Gasteiger partial charge in [-0.25, -0.2) is 24.1 Å². The zero-order valence-electron chi connectivity index (χ0n) is 36.7. The fourth-order valence-electron chi connectivity index (χ4n) is 7.74. The number of amides is 2. The lowest BCUT2D eigenvalue weighted by molar-refractivity contribution is -0.154. The lowest BCUT2D eigenvalue weighted by Crippen LogP contribution is -2.47. The maximum Gasteiger partial charge on any atom is 0.417 e. The van der Waals surface area contributed by atoms with Crippen LogP contribution < -0.4 is 10.2 Å². The van der Waals surface area contributed by atoms with Crippen LogP contribution in [0.4, 0.5) is 26.4 Å². The number of nitrogens with one attached hydrogen (secondary N) is 1. The minimum atomic E-state index is -1.52. The van der Waals surface area contributed by atoms with Crippen molar-refractivity contribution in [1.29, 1.82) is 0 Å². The molecule has 0 saturated carbocycles. The molecule has 1 fully saturated rings. The van der Waals surface area contributed by atoms with Gasteiger partial charge in [0.15, 0.2) is 0 Å². The van der Waals surface area contributed by atoms with Crippen LogP contribution in [0.5, 0.6) is 0 Å². The van der Waals surface area contributed by atoms with Crippen molar-refractivity contribution in [2.45, 2.75) is 129 Å². The van der Waals surface area contributed by atoms with Crippen molar-refractivity contribution < 1.29 is 38.1 Å². The molecule has 3 aromatic rings. The molecule has 3 aliphatic heterocycles. The van der Waals surface area contributed by atoms with E-state index in [1.165, 1.54) is 13.0 Å². The van der Waals surface area contributed by atoms with Crippen LogP contribution in [0.1, 0.15) is 114 Å². The Bertz CT molecular complexity index is 2090. The number of fused-ring (bicyclic) bond motifs is 2. The third kappa shape index (κ3) is 11.1. The minimum Gasteiger partial charge on any atom is -0.460 e. The Labute approximate surface area is 353 Å². The molecule has 3 aliphatic rings. The van der Waals surface area contributed by atoms with Gasteiger partial charge in [-0.2, -0.15) is 0 Å². The first kappa shape index (κ1) is 44.7. The highest BCUT2D eigenvalue weighted by atomic mass is 19.1. The number of carbonyl (C=O) groups excluding carboxylic acids is 3. The quantitative estimate of drug-likeness (QED) is 0.121. The van der Waals surface area contributed by atoms with Crippen molar-refractivity contribution in [3.63, 3.8) is 0 Å². The Morgan fingerprint density at radius 2 is 1.72 bits per heavy atom. The third-order valence-corrected chi connectivity index (χ3v) is 10.6. The highest BCUT2D eigenvalue weighted by molar-refractivity contribution is 6.11. The van der Waals surface area contributed by atoms with E-state index in [0.717, 1.165) is 35.5 Å². The number of benzene rings is 1. The number of hydrogen-bond donors (Lipinski definition) is 2. The van der Waals surface area contributed by atoms with E-state index in [1.54, 1.807) is 39.2 Å². The number of piperidine rings is 1. The number of anilines is 3. The number of unbranched alkanes of at least 4 members (excludes halogenated alkanes) is 2. The van der Waals surface area contributed by atoms with Crippen LogP contribution in [-0.4, -0.2) is 110 Å². The molecule has 2 amide bonds. The van der Waals surface area contributed by atoms with E-state index in [2.05, 4.69) is 15.2 Å². The maximum atomic E-state index is 14.9. The Morgan fingerprint density at radius 1 is 1.00 bits per heavy atom. The number of aromatic nitrogens is 3. The minimum absolute atomic E-state index is 0.0145. The zero-order valence-corrected chi connectivity index (χ0v) is 36.7. The van der Waals surface area contributed by atoms with Crippen LogP contribution in [0, 0.1) is 0 Å². The number of aliphatic hydroxyl groups is 1. The molecule has 60 heavy (non-hydrogen) atoms. The molecule has 2 N–H and O–H groups in total. The number of carbonyl (C=O) groups is 3. The van der Waals surface area contributed by atoms with Crippen LogP contribution in [0.15, 0.2) is 36.5 Å². The van der Waals surface area contributed by atoms with Gasteiger partial charge in [-0.1, -0.05) is 12.5 Å². The number of hydrogen-bond acceptors (Lipinski definition) is 12. The number of nitrogens with zero attached hydrogens (tertiary/aromatic N) is 6. The summed E-state index contributed by atoms with van der Waals surface area (Å²) in [6.07, 6.45) is 8.05. The van der Waals surface area contributed by atoms with Crippen molar-refractivity contribution in [3.8, 4) is 11.3 Å². The van der Waals surface area contributed by atoms with Crippen LogP contribution in [0.2, 0.25) is 0 Å². The summed E-state index contributed by atoms with van der Waals surface area (Å²) >= 11 is 0. The van der Waals surface area contributed by atoms with Gasteiger partial charge in [0, 0.05) is 50.8 Å². The molecule has 2 aromatic heterocycles. The molecule has 326 valence electrons. The van der Waals surface area contributed by atoms with Crippen LogP contribution >= 0.6 is 0 Å². The molecular weight excluding hydrogens is 770 g/mol. The predicted molar refractivity (Wildman–Crippen MR) is 229 cm³/mol. The molecule has 1 atom stereocenters. The Kier molecular flexibility index (Phi) is 13.1. The Hall–Kier alpha value is -4.86. The summed E-state index contributed by atoms with van der Waals surface area (Å²) in [5.41, 5.74) is 0.837. The van der Waals surface area contributed by atoms with Gasteiger partial charge in [0.05, 0.1) is 53.3 Å². The Morgan fingerprint density at radius 3 is 2.40 bits per heavy atom. The average Bonchev–Trinajstić information content (AvgIpc) is 3.70. The third-order valence-electron chi connectivity index (χ3n) is 10.6. The van der Waals surface area contributed by atoms with Gasteiger partial charge < -0.3 is 39.0 Å². The molecule has 0 bridgehead atoms. The number of halogens is 1. The molecule has 0 radical (unpaired) electrons. The van der Waals surface area contributed by atoms with Gasteiger partial charge in [0.25, 0.3) is 5.91 Å². The molecule has 1 unspecified atom stereocenters. The molecule has 14 nitrogen and oxygen atoms in total. The van der Waals surface area contributed by atoms with Gasteiger partial charge >= 0.3 is 12.1 Å². The number of pyridine rings is 1. The molecule has 6 rings (SSSR count). The first-order valence-corrected chi connectivity index (χ1v) is 20.9. The molecule has 15 heteroatoms. The van der Waals surface area contributed by atoms with E-state index in [-0.39, 0.29) is 25.5 Å². The largest absolute Gasteiger partial charge is 0.460 e. The molecule has 0 spiro atoms. The molecule has 1 aromatic carbocycles. The van der Waals surface area contributed by atoms with Crippen LogP contribution in [-0.2, 0) is 38.5 Å². The summed E-state index contributed by atoms with van der Waals surface area (Å²) in [6, 6.07) is 7.57. The second kappa shape index (κ2) is 17.6. The highest BCUT2D eigenvalue weighted by Gasteiger charge is 2.40. The Balaban J connectivity index is 1.15. The van der Waals surface area contributed by atoms with Gasteiger partial charge in [-0.15, -0.1) is 0 Å². The van der Waals surface area contributed by atoms with Crippen molar-refractivity contribution >= 4 is 41.4 Å². The lowest BCUT2D eigenvalue weighted by atomic mass is 9.92. The summed E-state index contributed by atoms with van der Waals surface area (Å²) in [5.74, 6) is 0.401. The van der Waals surface area contributed by atoms with Crippen LogP contribution in [0.25, 0.3) is 17.5 Å². The number of alkyl halides is 1. The molecule has 1 saturated heterocycles. The normalized spacial score (nSPS) is 18.8. The highest BCUT2D eigenvalue weighted by Crippen LogP contribution is 2.40. The van der Waals surface area contributed by atoms with Crippen molar-refractivity contribution in [2.75, 3.05) is 50.6 Å². The number of rotatable bonds is 14. The topological polar surface area (TPSA) is 152 Å². The predicted octanol–water partition coefficient (Wildman–Crippen LogP) is 7.65. The van der Waals surface area contributed by atoms with Gasteiger partial charge in [-0.05, 0) is 118 Å². The van der Waals surface area contributed by atoms with E-state index in [4.69, 9.17) is 19.2 Å².